The number of nitrogens with one attached hydrogen (secondary N) is 1. The highest BCUT2D eigenvalue weighted by molar-refractivity contribution is 7.98. The summed E-state index contributed by atoms with van der Waals surface area (Å²) in [5, 5.41) is 2.96. The van der Waals surface area contributed by atoms with Crippen molar-refractivity contribution in [1.82, 2.24) is 10.4 Å². The van der Waals surface area contributed by atoms with Gasteiger partial charge >= 0.3 is 5.97 Å². The number of fused-ring (bicyclic) bond motifs is 1. The van der Waals surface area contributed by atoms with E-state index in [0.717, 1.165) is 5.56 Å². The van der Waals surface area contributed by atoms with Crippen molar-refractivity contribution in [3.05, 3.63) is 71.3 Å². The second-order valence-electron chi connectivity index (χ2n) is 6.11. The smallest absolute Gasteiger partial charge is 0.342 e. The minimum Gasteiger partial charge on any atom is -0.342 e. The van der Waals surface area contributed by atoms with Gasteiger partial charge in [-0.15, -0.1) is 0 Å². The molecule has 2 aromatic carbocycles. The van der Waals surface area contributed by atoms with E-state index in [-0.39, 0.29) is 16.9 Å². The molecule has 0 fully saturated rings. The van der Waals surface area contributed by atoms with Crippen molar-refractivity contribution >= 4 is 35.5 Å². The number of hydrogen-bond donors (Lipinski definition) is 1. The number of hydrogen-bond acceptors (Lipinski definition) is 6. The number of carbonyl (C=O) groups is 4. The third-order valence-corrected chi connectivity index (χ3v) is 5.10. The maximum absolute atomic E-state index is 12.5. The third-order valence-electron chi connectivity index (χ3n) is 4.00. The molecule has 0 unspecified atom stereocenters. The van der Waals surface area contributed by atoms with Crippen molar-refractivity contribution in [3.63, 3.8) is 0 Å². The number of hydroxylamine groups is 2. The maximum atomic E-state index is 12.5. The summed E-state index contributed by atoms with van der Waals surface area (Å²) in [6, 6.07) is 14.9. The highest BCUT2D eigenvalue weighted by Gasteiger charge is 2.39. The number of amides is 3. The Bertz CT molecular complexity index is 881. The number of rotatable bonds is 7. The van der Waals surface area contributed by atoms with Gasteiger partial charge in [-0.25, -0.2) is 4.79 Å². The Hall–Kier alpha value is -3.13. The van der Waals surface area contributed by atoms with Crippen LogP contribution in [0.2, 0.25) is 0 Å². The average Bonchev–Trinajstić information content (AvgIpc) is 2.93. The first-order valence-corrected chi connectivity index (χ1v) is 9.71. The molecule has 28 heavy (non-hydrogen) atoms. The number of nitrogens with zero attached hydrogens (tertiary/aromatic N) is 1. The second-order valence-corrected chi connectivity index (χ2v) is 7.14. The van der Waals surface area contributed by atoms with E-state index < -0.39 is 29.7 Å². The summed E-state index contributed by atoms with van der Waals surface area (Å²) in [4.78, 5) is 53.7. The molecule has 0 saturated carbocycles. The zero-order chi connectivity index (χ0) is 20.1. The van der Waals surface area contributed by atoms with E-state index in [1.165, 1.54) is 30.8 Å². The lowest BCUT2D eigenvalue weighted by atomic mass is 10.1. The molecule has 0 bridgehead atoms. The molecule has 0 aliphatic carbocycles. The lowest BCUT2D eigenvalue weighted by Crippen LogP contribution is -2.46. The minimum atomic E-state index is -0.990. The normalized spacial score (nSPS) is 13.8. The van der Waals surface area contributed by atoms with Crippen LogP contribution in [0.5, 0.6) is 0 Å². The van der Waals surface area contributed by atoms with Crippen LogP contribution in [0, 0.1) is 0 Å². The SMILES string of the molecule is CC(=O)N[C@@H](CSCc1ccccc1)C(=O)ON1C(=O)c2ccccc2C1=O. The molecule has 8 heteroatoms. The van der Waals surface area contributed by atoms with Crippen LogP contribution in [0.3, 0.4) is 0 Å². The summed E-state index contributed by atoms with van der Waals surface area (Å²) in [5.41, 5.74) is 1.42. The predicted octanol–water partition coefficient (Wildman–Crippen LogP) is 2.18. The summed E-state index contributed by atoms with van der Waals surface area (Å²) >= 11 is 1.43. The first-order valence-electron chi connectivity index (χ1n) is 8.55. The fourth-order valence-corrected chi connectivity index (χ4v) is 3.69. The van der Waals surface area contributed by atoms with Crippen LogP contribution < -0.4 is 5.32 Å². The molecular formula is C20H18N2O5S. The van der Waals surface area contributed by atoms with Crippen molar-refractivity contribution < 1.29 is 24.0 Å². The summed E-state index contributed by atoms with van der Waals surface area (Å²) in [5.74, 6) is -1.82. The fourth-order valence-electron chi connectivity index (χ4n) is 2.69. The molecule has 0 saturated heterocycles. The number of benzene rings is 2. The first-order chi connectivity index (χ1) is 13.5. The van der Waals surface area contributed by atoms with Crippen molar-refractivity contribution in [2.75, 3.05) is 5.75 Å². The number of carbonyl (C=O) groups excluding carboxylic acids is 4. The van der Waals surface area contributed by atoms with Crippen molar-refractivity contribution in [3.8, 4) is 0 Å². The van der Waals surface area contributed by atoms with E-state index in [9.17, 15) is 19.2 Å². The van der Waals surface area contributed by atoms with Gasteiger partial charge in [0.05, 0.1) is 11.1 Å². The topological polar surface area (TPSA) is 92.8 Å². The summed E-state index contributed by atoms with van der Waals surface area (Å²) in [6.07, 6.45) is 0. The van der Waals surface area contributed by atoms with Crippen LogP contribution in [0.25, 0.3) is 0 Å². The zero-order valence-electron chi connectivity index (χ0n) is 15.1. The Morgan fingerprint density at radius 1 is 1.00 bits per heavy atom. The van der Waals surface area contributed by atoms with Gasteiger partial charge in [0.15, 0.2) is 0 Å². The molecule has 1 aliphatic rings. The van der Waals surface area contributed by atoms with Gasteiger partial charge in [-0.05, 0) is 17.7 Å². The fraction of sp³-hybridized carbons (Fsp3) is 0.200. The van der Waals surface area contributed by atoms with Gasteiger partial charge in [0.1, 0.15) is 6.04 Å². The summed E-state index contributed by atoms with van der Waals surface area (Å²) < 4.78 is 0. The Kier molecular flexibility index (Phi) is 6.10. The van der Waals surface area contributed by atoms with E-state index in [2.05, 4.69) is 5.32 Å². The molecule has 144 valence electrons. The van der Waals surface area contributed by atoms with E-state index >= 15 is 0 Å². The molecule has 0 aromatic heterocycles. The molecule has 3 amide bonds. The highest BCUT2D eigenvalue weighted by atomic mass is 32.2. The molecule has 1 atom stereocenters. The van der Waals surface area contributed by atoms with Gasteiger partial charge in [0.2, 0.25) is 5.91 Å². The quantitative estimate of drug-likeness (QED) is 0.719. The second kappa shape index (κ2) is 8.71. The molecular weight excluding hydrogens is 380 g/mol. The van der Waals surface area contributed by atoms with Gasteiger partial charge in [-0.1, -0.05) is 47.5 Å². The molecule has 0 spiro atoms. The van der Waals surface area contributed by atoms with Crippen LogP contribution in [0.1, 0.15) is 33.2 Å². The Labute approximate surface area is 166 Å². The highest BCUT2D eigenvalue weighted by Crippen LogP contribution is 2.23. The van der Waals surface area contributed by atoms with Crippen molar-refractivity contribution in [1.29, 1.82) is 0 Å². The molecule has 7 nitrogen and oxygen atoms in total. The predicted molar refractivity (Wildman–Crippen MR) is 103 cm³/mol. The maximum Gasteiger partial charge on any atom is 0.356 e. The van der Waals surface area contributed by atoms with E-state index in [4.69, 9.17) is 4.84 Å². The van der Waals surface area contributed by atoms with E-state index in [1.807, 2.05) is 30.3 Å². The third kappa shape index (κ3) is 4.40. The molecule has 2 aromatic rings. The molecule has 0 radical (unpaired) electrons. The Morgan fingerprint density at radius 3 is 2.14 bits per heavy atom. The lowest BCUT2D eigenvalue weighted by molar-refractivity contribution is -0.171. The van der Waals surface area contributed by atoms with Gasteiger partial charge in [-0.3, -0.25) is 14.4 Å². The van der Waals surface area contributed by atoms with E-state index in [0.29, 0.717) is 10.8 Å². The monoisotopic (exact) mass is 398 g/mol. The van der Waals surface area contributed by atoms with Gasteiger partial charge in [0.25, 0.3) is 11.8 Å². The van der Waals surface area contributed by atoms with Crippen LogP contribution >= 0.6 is 11.8 Å². The van der Waals surface area contributed by atoms with Gasteiger partial charge in [-0.2, -0.15) is 11.8 Å². The van der Waals surface area contributed by atoms with E-state index in [1.54, 1.807) is 12.1 Å². The Balaban J connectivity index is 1.64. The molecule has 1 N–H and O–H groups in total. The average molecular weight is 398 g/mol. The van der Waals surface area contributed by atoms with Crippen molar-refractivity contribution in [2.24, 2.45) is 0 Å². The number of thioether (sulfide) groups is 1. The van der Waals surface area contributed by atoms with Gasteiger partial charge in [0, 0.05) is 18.4 Å². The Morgan fingerprint density at radius 2 is 1.57 bits per heavy atom. The molecule has 1 aliphatic heterocycles. The standard InChI is InChI=1S/C20H18N2O5S/c1-13(23)21-17(12-28-11-14-7-3-2-4-8-14)20(26)27-22-18(24)15-9-5-6-10-16(15)19(22)25/h2-10,17H,11-12H2,1H3,(H,21,23)/t17-/m0/s1. The first kappa shape index (κ1) is 19.6. The minimum absolute atomic E-state index is 0.176. The van der Waals surface area contributed by atoms with Gasteiger partial charge < -0.3 is 10.2 Å². The van der Waals surface area contributed by atoms with Crippen LogP contribution in [-0.4, -0.2) is 40.5 Å². The zero-order valence-corrected chi connectivity index (χ0v) is 15.9. The summed E-state index contributed by atoms with van der Waals surface area (Å²) in [7, 11) is 0. The van der Waals surface area contributed by atoms with Crippen LogP contribution in [0.4, 0.5) is 0 Å². The molecule has 1 heterocycles. The summed E-state index contributed by atoms with van der Waals surface area (Å²) in [6.45, 7) is 1.28. The van der Waals surface area contributed by atoms with Crippen LogP contribution in [0.15, 0.2) is 54.6 Å². The largest absolute Gasteiger partial charge is 0.356 e. The van der Waals surface area contributed by atoms with Crippen molar-refractivity contribution in [2.45, 2.75) is 18.7 Å². The lowest BCUT2D eigenvalue weighted by Gasteiger charge is -2.19. The van der Waals surface area contributed by atoms with Crippen LogP contribution in [-0.2, 0) is 20.2 Å². The molecule has 3 rings (SSSR count). The number of imide groups is 1.